The second-order valence-electron chi connectivity index (χ2n) is 6.82. The van der Waals surface area contributed by atoms with Gasteiger partial charge >= 0.3 is 0 Å². The van der Waals surface area contributed by atoms with E-state index in [1.165, 1.54) is 11.1 Å². The predicted molar refractivity (Wildman–Crippen MR) is 95.5 cm³/mol. The fraction of sp³-hybridized carbons (Fsp3) is 0.286. The van der Waals surface area contributed by atoms with Crippen LogP contribution >= 0.6 is 0 Å². The van der Waals surface area contributed by atoms with E-state index < -0.39 is 0 Å². The SMILES string of the molecule is CCc1ccc(C(=O)C=C2NC(C)(C)Cc3ccccc32)cc1. The Morgan fingerprint density at radius 2 is 1.83 bits per heavy atom. The number of ketones is 1. The third-order valence-corrected chi connectivity index (χ3v) is 4.34. The smallest absolute Gasteiger partial charge is 0.187 e. The van der Waals surface area contributed by atoms with Crippen molar-refractivity contribution in [3.8, 4) is 0 Å². The van der Waals surface area contributed by atoms with Crippen molar-refractivity contribution < 1.29 is 4.79 Å². The molecule has 1 heterocycles. The first-order valence-electron chi connectivity index (χ1n) is 8.20. The average molecular weight is 305 g/mol. The van der Waals surface area contributed by atoms with Gasteiger partial charge in [0.2, 0.25) is 0 Å². The van der Waals surface area contributed by atoms with Crippen LogP contribution in [0.25, 0.3) is 5.70 Å². The number of allylic oxidation sites excluding steroid dienone is 1. The summed E-state index contributed by atoms with van der Waals surface area (Å²) in [6.07, 6.45) is 3.68. The fourth-order valence-electron chi connectivity index (χ4n) is 3.12. The molecule has 1 aliphatic rings. The first kappa shape index (κ1) is 15.5. The minimum atomic E-state index is -0.0491. The van der Waals surface area contributed by atoms with Gasteiger partial charge in [-0.15, -0.1) is 0 Å². The molecule has 2 heteroatoms. The van der Waals surface area contributed by atoms with Crippen molar-refractivity contribution in [1.82, 2.24) is 5.32 Å². The highest BCUT2D eigenvalue weighted by molar-refractivity contribution is 6.08. The predicted octanol–water partition coefficient (Wildman–Crippen LogP) is 4.40. The van der Waals surface area contributed by atoms with Gasteiger partial charge in [-0.05, 0) is 37.8 Å². The Kier molecular flexibility index (Phi) is 4.08. The Morgan fingerprint density at radius 1 is 1.13 bits per heavy atom. The van der Waals surface area contributed by atoms with Gasteiger partial charge < -0.3 is 5.32 Å². The van der Waals surface area contributed by atoms with Gasteiger partial charge in [0.1, 0.15) is 0 Å². The Morgan fingerprint density at radius 3 is 2.52 bits per heavy atom. The Hall–Kier alpha value is -2.35. The number of carbonyl (C=O) groups is 1. The number of carbonyl (C=O) groups excluding carboxylic acids is 1. The van der Waals surface area contributed by atoms with E-state index in [0.717, 1.165) is 29.7 Å². The number of aryl methyl sites for hydroxylation is 1. The van der Waals surface area contributed by atoms with Gasteiger partial charge in [-0.3, -0.25) is 4.79 Å². The molecule has 0 aromatic heterocycles. The number of rotatable bonds is 3. The molecule has 0 bridgehead atoms. The molecule has 0 fully saturated rings. The fourth-order valence-corrected chi connectivity index (χ4v) is 3.12. The van der Waals surface area contributed by atoms with Crippen LogP contribution in [0.3, 0.4) is 0 Å². The summed E-state index contributed by atoms with van der Waals surface area (Å²) < 4.78 is 0. The molecule has 0 spiro atoms. The van der Waals surface area contributed by atoms with Gasteiger partial charge in [0.05, 0.1) is 0 Å². The largest absolute Gasteiger partial charge is 0.379 e. The number of benzene rings is 2. The van der Waals surface area contributed by atoms with Crippen LogP contribution in [0.15, 0.2) is 54.6 Å². The van der Waals surface area contributed by atoms with Crippen molar-refractivity contribution in [1.29, 1.82) is 0 Å². The second-order valence-corrected chi connectivity index (χ2v) is 6.82. The molecular formula is C21H23NO. The summed E-state index contributed by atoms with van der Waals surface area (Å²) in [6.45, 7) is 6.44. The molecule has 23 heavy (non-hydrogen) atoms. The lowest BCUT2D eigenvalue weighted by Crippen LogP contribution is -2.43. The molecule has 118 valence electrons. The molecule has 0 unspecified atom stereocenters. The molecule has 0 saturated heterocycles. The topological polar surface area (TPSA) is 29.1 Å². The molecule has 0 radical (unpaired) electrons. The zero-order valence-corrected chi connectivity index (χ0v) is 14.0. The zero-order chi connectivity index (χ0) is 16.4. The van der Waals surface area contributed by atoms with Crippen molar-refractivity contribution in [3.63, 3.8) is 0 Å². The second kappa shape index (κ2) is 6.04. The summed E-state index contributed by atoms with van der Waals surface area (Å²) in [5.74, 6) is 0.0441. The highest BCUT2D eigenvalue weighted by Gasteiger charge is 2.27. The van der Waals surface area contributed by atoms with E-state index in [1.807, 2.05) is 30.3 Å². The van der Waals surface area contributed by atoms with Crippen LogP contribution in [0.4, 0.5) is 0 Å². The van der Waals surface area contributed by atoms with Gasteiger partial charge in [-0.25, -0.2) is 0 Å². The standard InChI is InChI=1S/C21H23NO/c1-4-15-9-11-16(12-10-15)20(23)13-19-18-8-6-5-7-17(18)14-21(2,3)22-19/h5-13,22H,4,14H2,1-3H3. The minimum Gasteiger partial charge on any atom is -0.379 e. The van der Waals surface area contributed by atoms with E-state index in [0.29, 0.717) is 0 Å². The lowest BCUT2D eigenvalue weighted by atomic mass is 9.85. The van der Waals surface area contributed by atoms with Crippen molar-refractivity contribution in [2.75, 3.05) is 0 Å². The number of hydrogen-bond acceptors (Lipinski definition) is 2. The van der Waals surface area contributed by atoms with E-state index in [-0.39, 0.29) is 11.3 Å². The number of hydrogen-bond donors (Lipinski definition) is 1. The van der Waals surface area contributed by atoms with Crippen molar-refractivity contribution in [2.24, 2.45) is 0 Å². The Labute approximate surface area is 138 Å². The van der Waals surface area contributed by atoms with Crippen LogP contribution in [0.2, 0.25) is 0 Å². The lowest BCUT2D eigenvalue weighted by molar-refractivity contribution is 0.104. The van der Waals surface area contributed by atoms with Gasteiger partial charge in [0.15, 0.2) is 5.78 Å². The average Bonchev–Trinajstić information content (AvgIpc) is 2.54. The van der Waals surface area contributed by atoms with Gasteiger partial charge in [-0.2, -0.15) is 0 Å². The molecule has 0 amide bonds. The first-order valence-corrected chi connectivity index (χ1v) is 8.20. The van der Waals surface area contributed by atoms with E-state index in [4.69, 9.17) is 0 Å². The number of nitrogens with one attached hydrogen (secondary N) is 1. The summed E-state index contributed by atoms with van der Waals surface area (Å²) >= 11 is 0. The first-order chi connectivity index (χ1) is 11.0. The van der Waals surface area contributed by atoms with Crippen LogP contribution < -0.4 is 5.32 Å². The van der Waals surface area contributed by atoms with E-state index in [1.54, 1.807) is 6.08 Å². The van der Waals surface area contributed by atoms with Gasteiger partial charge in [0, 0.05) is 28.4 Å². The molecular weight excluding hydrogens is 282 g/mol. The lowest BCUT2D eigenvalue weighted by Gasteiger charge is -2.35. The van der Waals surface area contributed by atoms with Crippen LogP contribution in [-0.4, -0.2) is 11.3 Å². The monoisotopic (exact) mass is 305 g/mol. The van der Waals surface area contributed by atoms with Gasteiger partial charge in [0.25, 0.3) is 0 Å². The highest BCUT2D eigenvalue weighted by Crippen LogP contribution is 2.29. The summed E-state index contributed by atoms with van der Waals surface area (Å²) in [4.78, 5) is 12.6. The van der Waals surface area contributed by atoms with Gasteiger partial charge in [-0.1, -0.05) is 55.5 Å². The van der Waals surface area contributed by atoms with E-state index >= 15 is 0 Å². The third-order valence-electron chi connectivity index (χ3n) is 4.34. The summed E-state index contributed by atoms with van der Waals surface area (Å²) in [5.41, 5.74) is 5.27. The van der Waals surface area contributed by atoms with Crippen molar-refractivity contribution >= 4 is 11.5 Å². The van der Waals surface area contributed by atoms with Crippen LogP contribution in [-0.2, 0) is 12.8 Å². The van der Waals surface area contributed by atoms with Crippen molar-refractivity contribution in [3.05, 3.63) is 76.9 Å². The molecule has 1 aliphatic heterocycles. The zero-order valence-electron chi connectivity index (χ0n) is 14.0. The molecule has 3 rings (SSSR count). The maximum atomic E-state index is 12.6. The molecule has 2 aromatic carbocycles. The summed E-state index contributed by atoms with van der Waals surface area (Å²) in [6, 6.07) is 16.2. The van der Waals surface area contributed by atoms with Crippen molar-refractivity contribution in [2.45, 2.75) is 39.2 Å². The molecule has 0 atom stereocenters. The highest BCUT2D eigenvalue weighted by atomic mass is 16.1. The minimum absolute atomic E-state index is 0.0441. The molecule has 2 aromatic rings. The quantitative estimate of drug-likeness (QED) is 0.673. The van der Waals surface area contributed by atoms with Crippen LogP contribution in [0.5, 0.6) is 0 Å². The Balaban J connectivity index is 1.95. The van der Waals surface area contributed by atoms with E-state index in [2.05, 4.69) is 44.3 Å². The molecule has 1 N–H and O–H groups in total. The normalized spacial score (nSPS) is 17.4. The number of fused-ring (bicyclic) bond motifs is 1. The Bertz CT molecular complexity index is 754. The molecule has 0 aliphatic carbocycles. The maximum absolute atomic E-state index is 12.6. The summed E-state index contributed by atoms with van der Waals surface area (Å²) in [5, 5.41) is 3.51. The maximum Gasteiger partial charge on any atom is 0.187 e. The third kappa shape index (κ3) is 3.37. The molecule has 0 saturated carbocycles. The molecule has 2 nitrogen and oxygen atoms in total. The van der Waals surface area contributed by atoms with E-state index in [9.17, 15) is 4.79 Å². The van der Waals surface area contributed by atoms with Crippen LogP contribution in [0, 0.1) is 0 Å². The summed E-state index contributed by atoms with van der Waals surface area (Å²) in [7, 11) is 0. The van der Waals surface area contributed by atoms with Crippen LogP contribution in [0.1, 0.15) is 47.8 Å².